The predicted molar refractivity (Wildman–Crippen MR) is 22.3 cm³/mol. The van der Waals surface area contributed by atoms with Gasteiger partial charge in [-0.15, -0.1) is 12.4 Å². The average molecular weight is 116 g/mol. The number of amides is 1. The molecule has 2 nitrogen and oxygen atoms in total. The topological polar surface area (TPSA) is 29.1 Å². The maximum atomic E-state index is 8.93. The third-order valence-corrected chi connectivity index (χ3v) is 0.134. The number of nitrogens with one attached hydrogen (secondary N) is 1. The largest absolute Gasteiger partial charge is 0.278 e. The Kier molecular flexibility index (Phi) is 16.0. The van der Waals surface area contributed by atoms with Crippen molar-refractivity contribution in [3.05, 3.63) is 0 Å². The van der Waals surface area contributed by atoms with E-state index < -0.39 is 0 Å². The summed E-state index contributed by atoms with van der Waals surface area (Å²) in [6.45, 7) is 0. The van der Waals surface area contributed by atoms with Gasteiger partial charge in [0, 0.05) is 11.8 Å². The highest BCUT2D eigenvalue weighted by molar-refractivity contribution is 6.18. The Morgan fingerprint density at radius 2 is 2.00 bits per heavy atom. The highest BCUT2D eigenvalue weighted by Gasteiger charge is 1.47. The molecule has 0 aliphatic rings. The van der Waals surface area contributed by atoms with Crippen molar-refractivity contribution < 1.29 is 4.79 Å². The summed E-state index contributed by atoms with van der Waals surface area (Å²) in [6.07, 6.45) is 0.390. The highest BCUT2D eigenvalue weighted by Crippen LogP contribution is 1.41. The molecule has 0 aliphatic carbocycles. The van der Waals surface area contributed by atoms with Crippen LogP contribution in [0.5, 0.6) is 0 Å². The van der Waals surface area contributed by atoms with Gasteiger partial charge in [-0.2, -0.15) is 0 Å². The molecule has 32 valence electrons. The van der Waals surface area contributed by atoms with Crippen LogP contribution in [-0.2, 0) is 4.79 Å². The van der Waals surface area contributed by atoms with Gasteiger partial charge < -0.3 is 0 Å². The van der Waals surface area contributed by atoms with Gasteiger partial charge in [0.2, 0.25) is 6.41 Å². The van der Waals surface area contributed by atoms with Crippen LogP contribution in [0.3, 0.4) is 0 Å². The van der Waals surface area contributed by atoms with Crippen molar-refractivity contribution in [2.24, 2.45) is 0 Å². The Labute approximate surface area is 41.0 Å². The van der Waals surface area contributed by atoms with E-state index in [9.17, 15) is 0 Å². The van der Waals surface area contributed by atoms with E-state index in [-0.39, 0.29) is 12.4 Å². The van der Waals surface area contributed by atoms with Gasteiger partial charge in [0.15, 0.2) is 0 Å². The van der Waals surface area contributed by atoms with Crippen molar-refractivity contribution in [3.63, 3.8) is 0 Å². The van der Waals surface area contributed by atoms with E-state index in [4.69, 9.17) is 4.79 Å². The molecular weight excluding hydrogens is 113 g/mol. The zero-order valence-electron chi connectivity index (χ0n) is 2.27. The van der Waals surface area contributed by atoms with Gasteiger partial charge in [-0.3, -0.25) is 9.63 Å². The van der Waals surface area contributed by atoms with E-state index in [1.807, 2.05) is 0 Å². The molecule has 0 rings (SSSR count). The summed E-state index contributed by atoms with van der Waals surface area (Å²) in [5.74, 6) is 0. The Bertz CT molecular complexity index is 23.6. The third kappa shape index (κ3) is 15.4. The van der Waals surface area contributed by atoms with Crippen LogP contribution in [0.4, 0.5) is 0 Å². The number of halogens is 2. The first-order valence-electron chi connectivity index (χ1n) is 0.713. The minimum atomic E-state index is 0. The van der Waals surface area contributed by atoms with Crippen LogP contribution in [0.25, 0.3) is 0 Å². The van der Waals surface area contributed by atoms with Gasteiger partial charge in [0.1, 0.15) is 0 Å². The molecule has 4 heteroatoms. The smallest absolute Gasteiger partial charge is 0.221 e. The lowest BCUT2D eigenvalue weighted by Crippen LogP contribution is -1.87. The SMILES string of the molecule is Cl.O=CNCl. The first kappa shape index (κ1) is 8.90. The molecule has 0 saturated carbocycles. The van der Waals surface area contributed by atoms with Crippen molar-refractivity contribution in [2.45, 2.75) is 0 Å². The lowest BCUT2D eigenvalue weighted by atomic mass is 11.5. The van der Waals surface area contributed by atoms with E-state index in [2.05, 4.69) is 11.8 Å². The molecule has 0 aromatic heterocycles. The van der Waals surface area contributed by atoms with Crippen LogP contribution in [0.15, 0.2) is 0 Å². The van der Waals surface area contributed by atoms with Crippen LogP contribution in [0, 0.1) is 0 Å². The van der Waals surface area contributed by atoms with E-state index in [1.165, 1.54) is 0 Å². The second kappa shape index (κ2) is 8.96. The Morgan fingerprint density at radius 1 is 1.80 bits per heavy atom. The number of hydrogen-bond acceptors (Lipinski definition) is 1. The van der Waals surface area contributed by atoms with E-state index in [1.54, 1.807) is 4.84 Å². The minimum Gasteiger partial charge on any atom is -0.278 e. The molecule has 0 heterocycles. The second-order valence-corrected chi connectivity index (χ2v) is 0.445. The average Bonchev–Trinajstić information content (AvgIpc) is 1.37. The molecule has 0 aromatic rings. The first-order valence-corrected chi connectivity index (χ1v) is 1.09. The summed E-state index contributed by atoms with van der Waals surface area (Å²) in [4.78, 5) is 10.7. The summed E-state index contributed by atoms with van der Waals surface area (Å²) >= 11 is 4.57. The summed E-state index contributed by atoms with van der Waals surface area (Å²) < 4.78 is 0. The van der Waals surface area contributed by atoms with Gasteiger partial charge in [-0.05, 0) is 0 Å². The number of hydrogen-bond donors (Lipinski definition) is 1. The van der Waals surface area contributed by atoms with Gasteiger partial charge in [-0.1, -0.05) is 0 Å². The molecule has 0 aromatic carbocycles. The van der Waals surface area contributed by atoms with Crippen molar-refractivity contribution in [1.82, 2.24) is 4.84 Å². The molecule has 0 fully saturated rings. The molecule has 1 N–H and O–H groups in total. The maximum absolute atomic E-state index is 8.93. The molecular formula is CH3Cl2NO. The van der Waals surface area contributed by atoms with Gasteiger partial charge in [-0.25, -0.2) is 0 Å². The van der Waals surface area contributed by atoms with Gasteiger partial charge >= 0.3 is 0 Å². The summed E-state index contributed by atoms with van der Waals surface area (Å²) in [7, 11) is 0. The first-order chi connectivity index (χ1) is 1.91. The lowest BCUT2D eigenvalue weighted by Gasteiger charge is -1.59. The zero-order chi connectivity index (χ0) is 3.41. The highest BCUT2D eigenvalue weighted by atomic mass is 35.5. The van der Waals surface area contributed by atoms with E-state index in [0.717, 1.165) is 0 Å². The van der Waals surface area contributed by atoms with Crippen molar-refractivity contribution >= 4 is 30.6 Å². The lowest BCUT2D eigenvalue weighted by molar-refractivity contribution is -0.108. The normalized spacial score (nSPS) is 4.20. The monoisotopic (exact) mass is 115 g/mol. The van der Waals surface area contributed by atoms with Crippen LogP contribution in [-0.4, -0.2) is 6.41 Å². The second-order valence-electron chi connectivity index (χ2n) is 0.227. The fourth-order valence-electron chi connectivity index (χ4n) is 0. The van der Waals surface area contributed by atoms with Gasteiger partial charge in [0.05, 0.1) is 0 Å². The molecule has 1 amide bonds. The number of carbonyl (C=O) groups is 1. The molecule has 0 radical (unpaired) electrons. The van der Waals surface area contributed by atoms with Crippen molar-refractivity contribution in [1.29, 1.82) is 0 Å². The molecule has 0 saturated heterocycles. The molecule has 0 spiro atoms. The number of rotatable bonds is 1. The van der Waals surface area contributed by atoms with Crippen molar-refractivity contribution in [3.8, 4) is 0 Å². The van der Waals surface area contributed by atoms with E-state index in [0.29, 0.717) is 6.41 Å². The summed E-state index contributed by atoms with van der Waals surface area (Å²) in [6, 6.07) is 0. The molecule has 0 atom stereocenters. The fraction of sp³-hybridized carbons (Fsp3) is 0. The fourth-order valence-corrected chi connectivity index (χ4v) is 0. The molecule has 0 unspecified atom stereocenters. The molecule has 0 aliphatic heterocycles. The summed E-state index contributed by atoms with van der Waals surface area (Å²) in [5.41, 5.74) is 0. The Hall–Kier alpha value is 0.0500. The Balaban J connectivity index is 0. The zero-order valence-corrected chi connectivity index (χ0v) is 3.84. The maximum Gasteiger partial charge on any atom is 0.221 e. The summed E-state index contributed by atoms with van der Waals surface area (Å²) in [5, 5.41) is 0. The number of carbonyl (C=O) groups excluding carboxylic acids is 1. The van der Waals surface area contributed by atoms with Crippen LogP contribution < -0.4 is 4.84 Å². The van der Waals surface area contributed by atoms with Gasteiger partial charge in [0.25, 0.3) is 0 Å². The van der Waals surface area contributed by atoms with Crippen LogP contribution in [0.1, 0.15) is 0 Å². The quantitative estimate of drug-likeness (QED) is 0.387. The molecule has 5 heavy (non-hydrogen) atoms. The molecule has 0 bridgehead atoms. The van der Waals surface area contributed by atoms with Crippen molar-refractivity contribution in [2.75, 3.05) is 0 Å². The van der Waals surface area contributed by atoms with Crippen LogP contribution in [0.2, 0.25) is 0 Å². The van der Waals surface area contributed by atoms with Crippen LogP contribution >= 0.6 is 24.2 Å². The predicted octanol–water partition coefficient (Wildman–Crippen LogP) is 0.308. The van der Waals surface area contributed by atoms with E-state index >= 15 is 0 Å². The minimum absolute atomic E-state index is 0. The Morgan fingerprint density at radius 3 is 2.00 bits per heavy atom. The third-order valence-electron chi connectivity index (χ3n) is 0.0445. The standard InChI is InChI=1S/CH2ClNO.ClH/c2-3-1-4;/h1H,(H,3,4);1H.